The van der Waals surface area contributed by atoms with Crippen molar-refractivity contribution in [1.82, 2.24) is 9.55 Å². The molecule has 0 aliphatic heterocycles. The third-order valence-corrected chi connectivity index (χ3v) is 6.14. The number of nitrogens with zero attached hydrogens (tertiary/aromatic N) is 2. The molecule has 0 aliphatic carbocycles. The number of aromatic nitrogens is 2. The monoisotopic (exact) mass is 458 g/mol. The van der Waals surface area contributed by atoms with Gasteiger partial charge in [0.05, 0.1) is 35.9 Å². The molecule has 1 heterocycles. The van der Waals surface area contributed by atoms with E-state index in [1.807, 2.05) is 39.0 Å². The van der Waals surface area contributed by atoms with Crippen molar-refractivity contribution in [2.45, 2.75) is 32.5 Å². The lowest BCUT2D eigenvalue weighted by atomic mass is 9.92. The van der Waals surface area contributed by atoms with E-state index in [1.54, 1.807) is 12.1 Å². The molecule has 31 heavy (non-hydrogen) atoms. The largest absolute Gasteiger partial charge is 0.465 e. The molecule has 162 valence electrons. The first-order valence-electron chi connectivity index (χ1n) is 9.64. The molecule has 0 amide bonds. The van der Waals surface area contributed by atoms with Crippen LogP contribution in [0, 0.1) is 5.41 Å². The van der Waals surface area contributed by atoms with E-state index >= 15 is 0 Å². The number of halogens is 1. The number of ether oxygens (including phenoxy) is 1. The molecular weight excluding hydrogens is 436 g/mol. The topological polar surface area (TPSA) is 78.3 Å². The Morgan fingerprint density at radius 1 is 1.16 bits per heavy atom. The maximum atomic E-state index is 13.3. The smallest absolute Gasteiger partial charge is 0.337 e. The highest BCUT2D eigenvalue weighted by atomic mass is 35.5. The van der Waals surface area contributed by atoms with Crippen LogP contribution in [0.4, 0.5) is 0 Å². The third kappa shape index (κ3) is 5.17. The zero-order valence-electron chi connectivity index (χ0n) is 17.8. The summed E-state index contributed by atoms with van der Waals surface area (Å²) in [5.74, 6) is -0.304. The van der Waals surface area contributed by atoms with Gasteiger partial charge in [0.2, 0.25) is 0 Å². The van der Waals surface area contributed by atoms with Gasteiger partial charge < -0.3 is 4.74 Å². The molecule has 2 aromatic carbocycles. The van der Waals surface area contributed by atoms with Gasteiger partial charge in [0.15, 0.2) is 5.16 Å². The molecule has 0 fully saturated rings. The van der Waals surface area contributed by atoms with Crippen molar-refractivity contribution >= 4 is 46.0 Å². The zero-order chi connectivity index (χ0) is 22.8. The lowest BCUT2D eigenvalue weighted by Gasteiger charge is -2.18. The minimum Gasteiger partial charge on any atom is -0.465 e. The number of methoxy groups -OCH3 is 1. The summed E-state index contributed by atoms with van der Waals surface area (Å²) in [6, 6.07) is 11.9. The summed E-state index contributed by atoms with van der Waals surface area (Å²) in [6.07, 6.45) is 0. The minimum atomic E-state index is -0.513. The number of rotatable bonds is 6. The number of carbonyl (C=O) groups is 2. The normalized spacial score (nSPS) is 11.5. The summed E-state index contributed by atoms with van der Waals surface area (Å²) in [7, 11) is 1.29. The van der Waals surface area contributed by atoms with Crippen LogP contribution in [0.3, 0.4) is 0 Å². The first-order valence-corrected chi connectivity index (χ1v) is 11.0. The summed E-state index contributed by atoms with van der Waals surface area (Å²) in [4.78, 5) is 42.3. The molecule has 1 aromatic heterocycles. The van der Waals surface area contributed by atoms with Crippen LogP contribution in [0.1, 0.15) is 36.7 Å². The number of benzene rings is 2. The molecule has 6 nitrogen and oxygen atoms in total. The van der Waals surface area contributed by atoms with Crippen LogP contribution in [0.5, 0.6) is 0 Å². The predicted molar refractivity (Wildman–Crippen MR) is 123 cm³/mol. The van der Waals surface area contributed by atoms with E-state index in [4.69, 9.17) is 16.3 Å². The highest BCUT2D eigenvalue weighted by molar-refractivity contribution is 7.99. The van der Waals surface area contributed by atoms with Gasteiger partial charge >= 0.3 is 5.97 Å². The summed E-state index contributed by atoms with van der Waals surface area (Å²) in [6.45, 7) is 5.77. The second kappa shape index (κ2) is 9.24. The lowest BCUT2D eigenvalue weighted by molar-refractivity contribution is -0.123. The SMILES string of the molecule is COC(=O)c1ccc2c(=O)n(Cc3ccccc3Cl)c(SCC(=O)C(C)(C)C)nc2c1. The van der Waals surface area contributed by atoms with E-state index in [1.165, 1.54) is 35.6 Å². The maximum Gasteiger partial charge on any atom is 0.337 e. The molecule has 0 saturated carbocycles. The van der Waals surface area contributed by atoms with Crippen LogP contribution in [0.15, 0.2) is 52.4 Å². The molecule has 0 atom stereocenters. The molecule has 0 N–H and O–H groups in total. The van der Waals surface area contributed by atoms with Crippen LogP contribution >= 0.6 is 23.4 Å². The van der Waals surface area contributed by atoms with E-state index in [9.17, 15) is 14.4 Å². The molecule has 0 unspecified atom stereocenters. The van der Waals surface area contributed by atoms with Gasteiger partial charge in [-0.1, -0.05) is 62.3 Å². The Bertz CT molecular complexity index is 1210. The van der Waals surface area contributed by atoms with Crippen LogP contribution in [-0.4, -0.2) is 34.2 Å². The van der Waals surface area contributed by atoms with E-state index in [0.717, 1.165) is 5.56 Å². The van der Waals surface area contributed by atoms with Crippen LogP contribution in [0.25, 0.3) is 10.9 Å². The van der Waals surface area contributed by atoms with Crippen molar-refractivity contribution in [3.05, 3.63) is 69.0 Å². The average Bonchev–Trinajstić information content (AvgIpc) is 2.73. The highest BCUT2D eigenvalue weighted by Crippen LogP contribution is 2.25. The molecule has 3 rings (SSSR count). The van der Waals surface area contributed by atoms with Crippen molar-refractivity contribution in [3.63, 3.8) is 0 Å². The second-order valence-corrected chi connectivity index (χ2v) is 9.41. The standard InChI is InChI=1S/C23H23ClN2O4S/c1-23(2,3)19(27)13-31-22-25-18-11-14(21(29)30-4)9-10-16(18)20(28)26(22)12-15-7-5-6-8-17(15)24/h5-11H,12-13H2,1-4H3. The third-order valence-electron chi connectivity index (χ3n) is 4.80. The maximum absolute atomic E-state index is 13.3. The van der Waals surface area contributed by atoms with Gasteiger partial charge in [-0.05, 0) is 29.8 Å². The fourth-order valence-electron chi connectivity index (χ4n) is 2.84. The molecule has 0 saturated heterocycles. The fourth-order valence-corrected chi connectivity index (χ4v) is 4.19. The number of carbonyl (C=O) groups excluding carboxylic acids is 2. The Morgan fingerprint density at radius 2 is 1.87 bits per heavy atom. The first kappa shape index (κ1) is 23.0. The second-order valence-electron chi connectivity index (χ2n) is 8.06. The number of hydrogen-bond donors (Lipinski definition) is 0. The zero-order valence-corrected chi connectivity index (χ0v) is 19.3. The van der Waals surface area contributed by atoms with Crippen LogP contribution in [0.2, 0.25) is 5.02 Å². The average molecular weight is 459 g/mol. The number of esters is 1. The van der Waals surface area contributed by atoms with E-state index in [2.05, 4.69) is 4.98 Å². The first-order chi connectivity index (χ1) is 14.6. The van der Waals surface area contributed by atoms with E-state index < -0.39 is 11.4 Å². The van der Waals surface area contributed by atoms with Gasteiger partial charge in [-0.15, -0.1) is 0 Å². The van der Waals surface area contributed by atoms with Crippen molar-refractivity contribution in [2.75, 3.05) is 12.9 Å². The molecule has 0 spiro atoms. The van der Waals surface area contributed by atoms with Gasteiger partial charge in [0.25, 0.3) is 5.56 Å². The summed E-state index contributed by atoms with van der Waals surface area (Å²) in [5, 5.41) is 1.29. The lowest BCUT2D eigenvalue weighted by Crippen LogP contribution is -2.26. The Morgan fingerprint density at radius 3 is 2.52 bits per heavy atom. The Hall–Kier alpha value is -2.64. The highest BCUT2D eigenvalue weighted by Gasteiger charge is 2.23. The summed E-state index contributed by atoms with van der Waals surface area (Å²) in [5.41, 5.74) is 0.659. The van der Waals surface area contributed by atoms with Crippen LogP contribution in [-0.2, 0) is 16.1 Å². The van der Waals surface area contributed by atoms with Crippen molar-refractivity contribution in [2.24, 2.45) is 5.41 Å². The van der Waals surface area contributed by atoms with Gasteiger partial charge in [-0.2, -0.15) is 0 Å². The van der Waals surface area contributed by atoms with Gasteiger partial charge in [0.1, 0.15) is 5.78 Å². The molecule has 3 aromatic rings. The van der Waals surface area contributed by atoms with Gasteiger partial charge in [-0.3, -0.25) is 14.2 Å². The molecule has 0 radical (unpaired) electrons. The Balaban J connectivity index is 2.12. The van der Waals surface area contributed by atoms with Crippen LogP contribution < -0.4 is 5.56 Å². The molecule has 0 aliphatic rings. The van der Waals surface area contributed by atoms with Gasteiger partial charge in [-0.25, -0.2) is 9.78 Å². The fraction of sp³-hybridized carbons (Fsp3) is 0.304. The number of Topliss-reactive ketones (excluding diaryl/α,β-unsaturated/α-hetero) is 1. The Labute approximate surface area is 189 Å². The molecular formula is C23H23ClN2O4S. The Kier molecular flexibility index (Phi) is 6.86. The summed E-state index contributed by atoms with van der Waals surface area (Å²) < 4.78 is 6.28. The van der Waals surface area contributed by atoms with E-state index in [0.29, 0.717) is 26.6 Å². The van der Waals surface area contributed by atoms with Crippen molar-refractivity contribution in [3.8, 4) is 0 Å². The van der Waals surface area contributed by atoms with E-state index in [-0.39, 0.29) is 23.6 Å². The predicted octanol–water partition coefficient (Wildman–Crippen LogP) is 4.59. The quantitative estimate of drug-likeness (QED) is 0.305. The minimum absolute atomic E-state index is 0.0412. The molecule has 8 heteroatoms. The van der Waals surface area contributed by atoms with Gasteiger partial charge in [0, 0.05) is 10.4 Å². The number of fused-ring (bicyclic) bond motifs is 1. The summed E-state index contributed by atoms with van der Waals surface area (Å²) >= 11 is 7.51. The van der Waals surface area contributed by atoms with Crippen molar-refractivity contribution < 1.29 is 14.3 Å². The number of ketones is 1. The number of hydrogen-bond acceptors (Lipinski definition) is 6. The molecule has 0 bridgehead atoms. The van der Waals surface area contributed by atoms with Crippen molar-refractivity contribution in [1.29, 1.82) is 0 Å². The number of thioether (sulfide) groups is 1.